The first kappa shape index (κ1) is 20.3. The SMILES string of the molecule is N#Cc1nn(-c2c(Cl)cc(C(F)(F)F)cc2Cl)c(N)c1-c1ccc(F)c(Cl)c1. The van der Waals surface area contributed by atoms with Crippen LogP contribution in [0.1, 0.15) is 11.3 Å². The fourth-order valence-electron chi connectivity index (χ4n) is 2.55. The fourth-order valence-corrected chi connectivity index (χ4v) is 3.38. The average molecular weight is 450 g/mol. The molecule has 11 heteroatoms. The average Bonchev–Trinajstić information content (AvgIpc) is 2.92. The molecule has 0 saturated carbocycles. The van der Waals surface area contributed by atoms with Crippen LogP contribution in [0.25, 0.3) is 16.8 Å². The molecule has 1 aromatic heterocycles. The van der Waals surface area contributed by atoms with E-state index in [9.17, 15) is 22.8 Å². The van der Waals surface area contributed by atoms with Gasteiger partial charge in [0.2, 0.25) is 0 Å². The first-order valence-corrected chi connectivity index (χ1v) is 8.48. The van der Waals surface area contributed by atoms with Gasteiger partial charge in [-0.3, -0.25) is 0 Å². The highest BCUT2D eigenvalue weighted by molar-refractivity contribution is 6.38. The zero-order chi connectivity index (χ0) is 20.8. The number of aromatic nitrogens is 2. The van der Waals surface area contributed by atoms with Gasteiger partial charge in [-0.15, -0.1) is 0 Å². The van der Waals surface area contributed by atoms with Crippen molar-refractivity contribution >= 4 is 40.6 Å². The topological polar surface area (TPSA) is 67.6 Å². The summed E-state index contributed by atoms with van der Waals surface area (Å²) < 4.78 is 53.2. The van der Waals surface area contributed by atoms with Gasteiger partial charge in [0.05, 0.1) is 26.2 Å². The van der Waals surface area contributed by atoms with Crippen LogP contribution < -0.4 is 5.73 Å². The molecule has 0 aliphatic carbocycles. The van der Waals surface area contributed by atoms with Gasteiger partial charge in [-0.25, -0.2) is 9.07 Å². The molecule has 4 nitrogen and oxygen atoms in total. The summed E-state index contributed by atoms with van der Waals surface area (Å²) in [5, 5.41) is 12.4. The Morgan fingerprint density at radius 2 is 1.64 bits per heavy atom. The van der Waals surface area contributed by atoms with E-state index in [4.69, 9.17) is 40.5 Å². The summed E-state index contributed by atoms with van der Waals surface area (Å²) in [6, 6.07) is 6.81. The molecule has 3 rings (SSSR count). The van der Waals surface area contributed by atoms with E-state index in [1.807, 2.05) is 6.07 Å². The zero-order valence-corrected chi connectivity index (χ0v) is 15.7. The number of rotatable bonds is 2. The Bertz CT molecular complexity index is 1110. The van der Waals surface area contributed by atoms with Crippen LogP contribution >= 0.6 is 34.8 Å². The summed E-state index contributed by atoms with van der Waals surface area (Å²) in [5.74, 6) is -0.813. The molecule has 2 aromatic carbocycles. The van der Waals surface area contributed by atoms with Crippen molar-refractivity contribution in [2.45, 2.75) is 6.18 Å². The third-order valence-corrected chi connectivity index (χ3v) is 4.66. The lowest BCUT2D eigenvalue weighted by Crippen LogP contribution is -2.08. The van der Waals surface area contributed by atoms with Crippen molar-refractivity contribution in [3.63, 3.8) is 0 Å². The molecule has 3 aromatic rings. The normalized spacial score (nSPS) is 11.5. The predicted octanol–water partition coefficient (Wildman–Crippen LogP) is 6.11. The Morgan fingerprint density at radius 3 is 2.14 bits per heavy atom. The number of halogens is 7. The highest BCUT2D eigenvalue weighted by Crippen LogP contribution is 2.40. The Labute approximate surface area is 170 Å². The van der Waals surface area contributed by atoms with Crippen LogP contribution in [0, 0.1) is 17.1 Å². The van der Waals surface area contributed by atoms with Crippen molar-refractivity contribution < 1.29 is 17.6 Å². The molecular weight excluding hydrogens is 443 g/mol. The second kappa shape index (κ2) is 7.17. The lowest BCUT2D eigenvalue weighted by atomic mass is 10.1. The van der Waals surface area contributed by atoms with Gasteiger partial charge in [0.15, 0.2) is 5.69 Å². The van der Waals surface area contributed by atoms with Crippen molar-refractivity contribution in [2.75, 3.05) is 5.73 Å². The standard InChI is InChI=1S/C17H7Cl3F4N4/c18-9-3-7(1-2-12(9)21)14-13(6-25)27-28(16(14)26)15-10(19)4-8(5-11(15)20)17(22,23)24/h1-5H,26H2. The number of nitriles is 1. The minimum absolute atomic E-state index is 0.108. The van der Waals surface area contributed by atoms with Gasteiger partial charge in [-0.05, 0) is 29.8 Å². The molecule has 0 aliphatic heterocycles. The van der Waals surface area contributed by atoms with Crippen LogP contribution in [-0.2, 0) is 6.18 Å². The molecule has 0 fully saturated rings. The van der Waals surface area contributed by atoms with Crippen molar-refractivity contribution in [3.8, 4) is 22.9 Å². The molecule has 2 N–H and O–H groups in total. The van der Waals surface area contributed by atoms with Crippen LogP contribution in [-0.4, -0.2) is 9.78 Å². The summed E-state index contributed by atoms with van der Waals surface area (Å²) in [4.78, 5) is 0. The monoisotopic (exact) mass is 448 g/mol. The smallest absolute Gasteiger partial charge is 0.383 e. The maximum absolute atomic E-state index is 13.4. The van der Waals surface area contributed by atoms with Crippen LogP contribution in [0.2, 0.25) is 15.1 Å². The summed E-state index contributed by atoms with van der Waals surface area (Å²) in [7, 11) is 0. The van der Waals surface area contributed by atoms with Gasteiger partial charge in [0, 0.05) is 0 Å². The first-order chi connectivity index (χ1) is 13.0. The van der Waals surface area contributed by atoms with Crippen LogP contribution in [0.3, 0.4) is 0 Å². The number of hydrogen-bond acceptors (Lipinski definition) is 3. The molecule has 0 radical (unpaired) electrons. The second-order valence-electron chi connectivity index (χ2n) is 5.55. The summed E-state index contributed by atoms with van der Waals surface area (Å²) in [6.45, 7) is 0. The molecular formula is C17H7Cl3F4N4. The number of nitrogen functional groups attached to an aromatic ring is 1. The summed E-state index contributed by atoms with van der Waals surface area (Å²) in [6.07, 6.45) is -4.66. The number of alkyl halides is 3. The van der Waals surface area contributed by atoms with E-state index in [1.165, 1.54) is 12.1 Å². The molecule has 0 amide bonds. The third kappa shape index (κ3) is 3.49. The van der Waals surface area contributed by atoms with Crippen molar-refractivity contribution in [3.05, 3.63) is 62.5 Å². The summed E-state index contributed by atoms with van der Waals surface area (Å²) >= 11 is 17.8. The van der Waals surface area contributed by atoms with Gasteiger partial charge in [0.25, 0.3) is 0 Å². The van der Waals surface area contributed by atoms with Crippen molar-refractivity contribution in [2.24, 2.45) is 0 Å². The van der Waals surface area contributed by atoms with Crippen molar-refractivity contribution in [1.29, 1.82) is 5.26 Å². The van der Waals surface area contributed by atoms with E-state index in [-0.39, 0.29) is 43.4 Å². The zero-order valence-electron chi connectivity index (χ0n) is 13.5. The number of nitrogens with zero attached hydrogens (tertiary/aromatic N) is 3. The van der Waals surface area contributed by atoms with E-state index in [0.29, 0.717) is 12.1 Å². The Balaban J connectivity index is 2.24. The Morgan fingerprint density at radius 1 is 1.04 bits per heavy atom. The molecule has 0 bridgehead atoms. The van der Waals surface area contributed by atoms with E-state index >= 15 is 0 Å². The summed E-state index contributed by atoms with van der Waals surface area (Å²) in [5.41, 5.74) is 5.10. The molecule has 0 saturated heterocycles. The van der Waals surface area contributed by atoms with Gasteiger partial charge < -0.3 is 5.73 Å². The molecule has 1 heterocycles. The van der Waals surface area contributed by atoms with Crippen LogP contribution in [0.4, 0.5) is 23.4 Å². The molecule has 28 heavy (non-hydrogen) atoms. The maximum atomic E-state index is 13.4. The molecule has 0 atom stereocenters. The Kier molecular flexibility index (Phi) is 5.19. The number of benzene rings is 2. The lowest BCUT2D eigenvalue weighted by molar-refractivity contribution is -0.137. The lowest BCUT2D eigenvalue weighted by Gasteiger charge is -2.13. The second-order valence-corrected chi connectivity index (χ2v) is 6.77. The van der Waals surface area contributed by atoms with Gasteiger partial charge in [0.1, 0.15) is 23.4 Å². The molecule has 0 unspecified atom stereocenters. The predicted molar refractivity (Wildman–Crippen MR) is 98.1 cm³/mol. The number of hydrogen-bond donors (Lipinski definition) is 1. The molecule has 0 spiro atoms. The van der Waals surface area contributed by atoms with Gasteiger partial charge in [-0.2, -0.15) is 23.5 Å². The Hall–Kier alpha value is -2.47. The fraction of sp³-hybridized carbons (Fsp3) is 0.0588. The first-order valence-electron chi connectivity index (χ1n) is 7.35. The minimum Gasteiger partial charge on any atom is -0.383 e. The maximum Gasteiger partial charge on any atom is 0.416 e. The van der Waals surface area contributed by atoms with Crippen LogP contribution in [0.5, 0.6) is 0 Å². The van der Waals surface area contributed by atoms with Crippen molar-refractivity contribution in [1.82, 2.24) is 9.78 Å². The molecule has 0 aliphatic rings. The third-order valence-electron chi connectivity index (χ3n) is 3.79. The number of nitrogens with two attached hydrogens (primary N) is 1. The minimum atomic E-state index is -4.66. The highest BCUT2D eigenvalue weighted by atomic mass is 35.5. The van der Waals surface area contributed by atoms with Crippen LogP contribution in [0.15, 0.2) is 30.3 Å². The van der Waals surface area contributed by atoms with E-state index in [1.54, 1.807) is 0 Å². The van der Waals surface area contributed by atoms with E-state index in [2.05, 4.69) is 5.10 Å². The highest BCUT2D eigenvalue weighted by Gasteiger charge is 2.33. The molecule has 144 valence electrons. The van der Waals surface area contributed by atoms with Gasteiger partial charge in [-0.1, -0.05) is 40.9 Å². The largest absolute Gasteiger partial charge is 0.416 e. The van der Waals surface area contributed by atoms with E-state index < -0.39 is 17.6 Å². The van der Waals surface area contributed by atoms with E-state index in [0.717, 1.165) is 10.7 Å². The van der Waals surface area contributed by atoms with Gasteiger partial charge >= 0.3 is 6.18 Å². The quantitative estimate of drug-likeness (QED) is 0.480. The number of anilines is 1.